The van der Waals surface area contributed by atoms with Gasteiger partial charge in [-0.1, -0.05) is 49.4 Å². The number of piperazine rings is 1. The molecule has 1 amide bonds. The van der Waals surface area contributed by atoms with Crippen LogP contribution in [0.5, 0.6) is 0 Å². The zero-order chi connectivity index (χ0) is 22.7. The zero-order valence-electron chi connectivity index (χ0n) is 18.7. The highest BCUT2D eigenvalue weighted by molar-refractivity contribution is 7.82. The van der Waals surface area contributed by atoms with Crippen molar-refractivity contribution in [1.29, 1.82) is 0 Å². The lowest BCUT2D eigenvalue weighted by molar-refractivity contribution is 0.0647. The number of carbonyl (C=O) groups is 1. The first-order valence-corrected chi connectivity index (χ1v) is 12.1. The van der Waals surface area contributed by atoms with Crippen LogP contribution in [-0.4, -0.2) is 60.0 Å². The van der Waals surface area contributed by atoms with Gasteiger partial charge in [-0.3, -0.25) is 9.48 Å². The normalized spacial score (nSPS) is 18.1. The Hall–Kier alpha value is -2.84. The first-order valence-electron chi connectivity index (χ1n) is 11.0. The molecule has 1 aliphatic rings. The van der Waals surface area contributed by atoms with E-state index >= 15 is 0 Å². The molecular formula is C24H29N5O2S. The van der Waals surface area contributed by atoms with Crippen LogP contribution in [0.1, 0.15) is 31.1 Å². The van der Waals surface area contributed by atoms with Gasteiger partial charge in [0.15, 0.2) is 0 Å². The maximum Gasteiger partial charge on any atom is 0.253 e. The van der Waals surface area contributed by atoms with Gasteiger partial charge < -0.3 is 4.90 Å². The van der Waals surface area contributed by atoms with Gasteiger partial charge in [0.25, 0.3) is 5.91 Å². The molecule has 1 aliphatic heterocycles. The van der Waals surface area contributed by atoms with E-state index in [2.05, 4.69) is 24.2 Å². The van der Waals surface area contributed by atoms with Crippen LogP contribution >= 0.6 is 0 Å². The SMILES string of the molecule is CC(C)Cn1cc(-c2ccc(S(=O)N3CCN(C(=O)c4ccccc4)CC3C)cc2)nn1. The van der Waals surface area contributed by atoms with Crippen LogP contribution in [0.25, 0.3) is 11.3 Å². The van der Waals surface area contributed by atoms with E-state index in [1.807, 2.05) is 81.6 Å². The van der Waals surface area contributed by atoms with E-state index in [9.17, 15) is 9.00 Å². The second-order valence-corrected chi connectivity index (χ2v) is 10.0. The molecule has 0 aliphatic carbocycles. The van der Waals surface area contributed by atoms with Crippen molar-refractivity contribution in [1.82, 2.24) is 24.2 Å². The molecule has 2 aromatic carbocycles. The molecule has 7 nitrogen and oxygen atoms in total. The van der Waals surface area contributed by atoms with Gasteiger partial charge in [0.2, 0.25) is 0 Å². The molecule has 1 saturated heterocycles. The number of benzene rings is 2. The molecule has 1 fully saturated rings. The van der Waals surface area contributed by atoms with Crippen LogP contribution in [0.15, 0.2) is 65.7 Å². The molecule has 32 heavy (non-hydrogen) atoms. The van der Waals surface area contributed by atoms with Crippen LogP contribution in [0.4, 0.5) is 0 Å². The Bertz CT molecular complexity index is 1080. The number of hydrogen-bond acceptors (Lipinski definition) is 4. The molecule has 2 unspecified atom stereocenters. The summed E-state index contributed by atoms with van der Waals surface area (Å²) < 4.78 is 17.0. The first-order chi connectivity index (χ1) is 15.4. The molecule has 1 aromatic heterocycles. The summed E-state index contributed by atoms with van der Waals surface area (Å²) in [6.07, 6.45) is 1.94. The van der Waals surface area contributed by atoms with Gasteiger partial charge in [-0.25, -0.2) is 8.51 Å². The van der Waals surface area contributed by atoms with Gasteiger partial charge in [-0.05, 0) is 37.1 Å². The highest BCUT2D eigenvalue weighted by Gasteiger charge is 2.31. The Morgan fingerprint density at radius 3 is 2.47 bits per heavy atom. The molecule has 0 N–H and O–H groups in total. The lowest BCUT2D eigenvalue weighted by atomic mass is 10.1. The van der Waals surface area contributed by atoms with E-state index < -0.39 is 11.0 Å². The fourth-order valence-electron chi connectivity index (χ4n) is 3.91. The Kier molecular flexibility index (Phi) is 6.81. The Morgan fingerprint density at radius 1 is 1.09 bits per heavy atom. The minimum absolute atomic E-state index is 0.00662. The van der Waals surface area contributed by atoms with E-state index in [1.165, 1.54) is 0 Å². The van der Waals surface area contributed by atoms with Gasteiger partial charge in [0.05, 0.1) is 11.1 Å². The van der Waals surface area contributed by atoms with Crippen LogP contribution in [0, 0.1) is 5.92 Å². The van der Waals surface area contributed by atoms with E-state index in [0.717, 1.165) is 22.7 Å². The molecule has 8 heteroatoms. The van der Waals surface area contributed by atoms with Crippen LogP contribution < -0.4 is 0 Å². The van der Waals surface area contributed by atoms with Crippen molar-refractivity contribution in [3.8, 4) is 11.3 Å². The number of carbonyl (C=O) groups excluding carboxylic acids is 1. The zero-order valence-corrected chi connectivity index (χ0v) is 19.5. The topological polar surface area (TPSA) is 71.3 Å². The van der Waals surface area contributed by atoms with Gasteiger partial charge in [-0.2, -0.15) is 0 Å². The van der Waals surface area contributed by atoms with Crippen LogP contribution in [0.2, 0.25) is 0 Å². The second-order valence-electron chi connectivity index (χ2n) is 8.60. The van der Waals surface area contributed by atoms with E-state index in [0.29, 0.717) is 31.1 Å². The fraction of sp³-hybridized carbons (Fsp3) is 0.375. The lowest BCUT2D eigenvalue weighted by Gasteiger charge is -2.38. The molecule has 2 heterocycles. The second kappa shape index (κ2) is 9.75. The van der Waals surface area contributed by atoms with Crippen molar-refractivity contribution in [2.75, 3.05) is 19.6 Å². The highest BCUT2D eigenvalue weighted by Crippen LogP contribution is 2.23. The van der Waals surface area contributed by atoms with Crippen LogP contribution in [-0.2, 0) is 17.5 Å². The smallest absolute Gasteiger partial charge is 0.253 e. The number of amides is 1. The summed E-state index contributed by atoms with van der Waals surface area (Å²) in [6.45, 7) is 8.80. The first kappa shape index (κ1) is 22.4. The quantitative estimate of drug-likeness (QED) is 0.575. The average molecular weight is 452 g/mol. The van der Waals surface area contributed by atoms with Crippen LogP contribution in [0.3, 0.4) is 0 Å². The standard InChI is InChI=1S/C24H29N5O2S/c1-18(2)15-28-17-23(25-26-28)20-9-11-22(12-10-20)32(31)29-14-13-27(16-19(29)3)24(30)21-7-5-4-6-8-21/h4-12,17-19H,13-16H2,1-3H3. The molecule has 3 aromatic rings. The molecule has 0 radical (unpaired) electrons. The summed E-state index contributed by atoms with van der Waals surface area (Å²) in [7, 11) is -1.29. The van der Waals surface area contributed by atoms with E-state index in [-0.39, 0.29) is 11.9 Å². The fourth-order valence-corrected chi connectivity index (χ4v) is 5.19. The van der Waals surface area contributed by atoms with Crippen molar-refractivity contribution in [3.63, 3.8) is 0 Å². The number of aromatic nitrogens is 3. The summed E-state index contributed by atoms with van der Waals surface area (Å²) in [5.41, 5.74) is 2.45. The van der Waals surface area contributed by atoms with Crippen molar-refractivity contribution in [3.05, 3.63) is 66.4 Å². The minimum Gasteiger partial charge on any atom is -0.336 e. The van der Waals surface area contributed by atoms with Crippen molar-refractivity contribution < 1.29 is 9.00 Å². The molecule has 2 atom stereocenters. The average Bonchev–Trinajstić information content (AvgIpc) is 3.26. The molecular weight excluding hydrogens is 422 g/mol. The maximum atomic E-state index is 13.2. The van der Waals surface area contributed by atoms with Gasteiger partial charge >= 0.3 is 0 Å². The number of rotatable bonds is 6. The maximum absolute atomic E-state index is 13.2. The predicted octanol–water partition coefficient (Wildman–Crippen LogP) is 3.47. The molecule has 168 valence electrons. The largest absolute Gasteiger partial charge is 0.336 e. The Labute approximate surface area is 191 Å². The third-order valence-electron chi connectivity index (χ3n) is 5.53. The van der Waals surface area contributed by atoms with E-state index in [4.69, 9.17) is 0 Å². The Balaban J connectivity index is 1.40. The van der Waals surface area contributed by atoms with Gasteiger partial charge in [0.1, 0.15) is 16.7 Å². The molecule has 4 rings (SSSR count). The molecule has 0 spiro atoms. The van der Waals surface area contributed by atoms with Crippen molar-refractivity contribution in [2.24, 2.45) is 5.92 Å². The third kappa shape index (κ3) is 4.97. The molecule has 0 saturated carbocycles. The van der Waals surface area contributed by atoms with Crippen molar-refractivity contribution in [2.45, 2.75) is 38.3 Å². The van der Waals surface area contributed by atoms with Crippen molar-refractivity contribution >= 4 is 16.9 Å². The number of hydrogen-bond donors (Lipinski definition) is 0. The summed E-state index contributed by atoms with van der Waals surface area (Å²) >= 11 is 0. The summed E-state index contributed by atoms with van der Waals surface area (Å²) in [5.74, 6) is 0.525. The summed E-state index contributed by atoms with van der Waals surface area (Å²) in [5, 5.41) is 8.44. The third-order valence-corrected chi connectivity index (χ3v) is 7.17. The number of nitrogens with zero attached hydrogens (tertiary/aromatic N) is 5. The summed E-state index contributed by atoms with van der Waals surface area (Å²) in [6, 6.07) is 17.0. The lowest BCUT2D eigenvalue weighted by Crippen LogP contribution is -2.53. The highest BCUT2D eigenvalue weighted by atomic mass is 32.2. The van der Waals surface area contributed by atoms with Gasteiger partial charge in [-0.15, -0.1) is 5.10 Å². The summed E-state index contributed by atoms with van der Waals surface area (Å²) in [4.78, 5) is 15.3. The monoisotopic (exact) mass is 451 g/mol. The van der Waals surface area contributed by atoms with E-state index in [1.54, 1.807) is 0 Å². The Morgan fingerprint density at radius 2 is 1.81 bits per heavy atom. The minimum atomic E-state index is -1.29. The van der Waals surface area contributed by atoms with Gasteiger partial charge in [0, 0.05) is 43.3 Å². The molecule has 0 bridgehead atoms. The predicted molar refractivity (Wildman–Crippen MR) is 125 cm³/mol.